The van der Waals surface area contributed by atoms with E-state index in [-0.39, 0.29) is 0 Å². The van der Waals surface area contributed by atoms with Crippen molar-refractivity contribution in [3.63, 3.8) is 0 Å². The molecule has 3 rings (SSSR count). The lowest BCUT2D eigenvalue weighted by atomic mass is 10.2. The zero-order chi connectivity index (χ0) is 15.5. The van der Waals surface area contributed by atoms with Crippen molar-refractivity contribution >= 4 is 28.5 Å². The van der Waals surface area contributed by atoms with E-state index in [9.17, 15) is 0 Å². The van der Waals surface area contributed by atoms with Gasteiger partial charge >= 0.3 is 0 Å². The summed E-state index contributed by atoms with van der Waals surface area (Å²) in [4.78, 5) is 16.5. The molecule has 0 atom stereocenters. The summed E-state index contributed by atoms with van der Waals surface area (Å²) < 4.78 is 10.5. The van der Waals surface area contributed by atoms with Crippen LogP contribution in [0.3, 0.4) is 0 Å². The van der Waals surface area contributed by atoms with Crippen LogP contribution in [0, 0.1) is 0 Å². The number of fused-ring (bicyclic) bond motifs is 1. The second-order valence-corrected chi connectivity index (χ2v) is 4.38. The van der Waals surface area contributed by atoms with Gasteiger partial charge in [0.25, 0.3) is 0 Å². The number of nitrogen functional groups attached to an aromatic ring is 1. The van der Waals surface area contributed by atoms with E-state index in [4.69, 9.17) is 15.2 Å². The first kappa shape index (κ1) is 13.8. The van der Waals surface area contributed by atoms with Crippen molar-refractivity contribution in [3.8, 4) is 11.5 Å². The molecule has 0 radical (unpaired) electrons. The molecule has 0 aliphatic carbocycles. The molecule has 0 amide bonds. The van der Waals surface area contributed by atoms with Crippen LogP contribution >= 0.6 is 0 Å². The molecular weight excluding hydrogens is 284 g/mol. The molecular formula is C14H14N6O2. The van der Waals surface area contributed by atoms with E-state index >= 15 is 0 Å². The smallest absolute Gasteiger partial charge is 0.230 e. The Labute approximate surface area is 126 Å². The van der Waals surface area contributed by atoms with Crippen LogP contribution in [0.2, 0.25) is 0 Å². The van der Waals surface area contributed by atoms with E-state index in [1.807, 2.05) is 0 Å². The number of benzene rings is 1. The third-order valence-corrected chi connectivity index (χ3v) is 3.05. The maximum atomic E-state index is 6.01. The van der Waals surface area contributed by atoms with Crippen LogP contribution in [0.25, 0.3) is 10.9 Å². The fourth-order valence-corrected chi connectivity index (χ4v) is 2.01. The Morgan fingerprint density at radius 2 is 1.86 bits per heavy atom. The van der Waals surface area contributed by atoms with Crippen molar-refractivity contribution in [1.29, 1.82) is 0 Å². The predicted octanol–water partition coefficient (Wildman–Crippen LogP) is 1.76. The zero-order valence-corrected chi connectivity index (χ0v) is 12.1. The minimum atomic E-state index is 0.336. The maximum Gasteiger partial charge on any atom is 0.230 e. The van der Waals surface area contributed by atoms with Gasteiger partial charge in [-0.15, -0.1) is 0 Å². The third-order valence-electron chi connectivity index (χ3n) is 3.05. The van der Waals surface area contributed by atoms with Crippen LogP contribution in [0.4, 0.5) is 17.6 Å². The highest BCUT2D eigenvalue weighted by atomic mass is 16.5. The number of nitrogens with two attached hydrogens (primary N) is 1. The van der Waals surface area contributed by atoms with Gasteiger partial charge in [0.1, 0.15) is 18.0 Å². The molecule has 0 saturated carbocycles. The lowest BCUT2D eigenvalue weighted by Gasteiger charge is -2.11. The fraction of sp³-hybridized carbons (Fsp3) is 0.143. The number of anilines is 3. The normalized spacial score (nSPS) is 10.5. The van der Waals surface area contributed by atoms with Crippen LogP contribution in [0.5, 0.6) is 11.5 Å². The van der Waals surface area contributed by atoms with Gasteiger partial charge in [0.15, 0.2) is 11.5 Å². The zero-order valence-electron chi connectivity index (χ0n) is 12.1. The van der Waals surface area contributed by atoms with Gasteiger partial charge in [0.05, 0.1) is 19.7 Å². The lowest BCUT2D eigenvalue weighted by molar-refractivity contribution is 0.356. The van der Waals surface area contributed by atoms with E-state index in [0.717, 1.165) is 0 Å². The molecule has 3 aromatic rings. The summed E-state index contributed by atoms with van der Waals surface area (Å²) in [5.41, 5.74) is 6.65. The second kappa shape index (κ2) is 5.68. The average molecular weight is 298 g/mol. The van der Waals surface area contributed by atoms with Gasteiger partial charge in [-0.05, 0) is 12.1 Å². The Balaban J connectivity index is 2.07. The van der Waals surface area contributed by atoms with Gasteiger partial charge in [-0.25, -0.2) is 15.0 Å². The van der Waals surface area contributed by atoms with Crippen LogP contribution in [0.15, 0.2) is 30.7 Å². The predicted molar refractivity (Wildman–Crippen MR) is 82.4 cm³/mol. The Bertz CT molecular complexity index is 809. The second-order valence-electron chi connectivity index (χ2n) is 4.38. The molecule has 0 bridgehead atoms. The molecule has 2 heterocycles. The summed E-state index contributed by atoms with van der Waals surface area (Å²) >= 11 is 0. The molecule has 22 heavy (non-hydrogen) atoms. The summed E-state index contributed by atoms with van der Waals surface area (Å²) in [6, 6.07) is 5.20. The molecule has 2 aromatic heterocycles. The summed E-state index contributed by atoms with van der Waals surface area (Å²) in [5.74, 6) is 2.40. The van der Waals surface area contributed by atoms with Gasteiger partial charge in [-0.1, -0.05) is 0 Å². The van der Waals surface area contributed by atoms with E-state index in [1.54, 1.807) is 38.6 Å². The summed E-state index contributed by atoms with van der Waals surface area (Å²) in [7, 11) is 3.13. The number of hydrogen-bond donors (Lipinski definition) is 2. The number of methoxy groups -OCH3 is 2. The molecule has 112 valence electrons. The largest absolute Gasteiger partial charge is 0.493 e. The molecule has 8 heteroatoms. The van der Waals surface area contributed by atoms with Crippen molar-refractivity contribution in [1.82, 2.24) is 19.9 Å². The summed E-state index contributed by atoms with van der Waals surface area (Å²) in [5, 5.41) is 3.66. The van der Waals surface area contributed by atoms with E-state index < -0.39 is 0 Å². The highest BCUT2D eigenvalue weighted by molar-refractivity contribution is 5.91. The number of aromatic nitrogens is 4. The molecule has 0 aliphatic heterocycles. The van der Waals surface area contributed by atoms with Gasteiger partial charge in [-0.2, -0.15) is 4.98 Å². The molecule has 0 spiro atoms. The lowest BCUT2D eigenvalue weighted by Crippen LogP contribution is -2.03. The number of ether oxygens (including phenoxy) is 2. The third kappa shape index (κ3) is 2.53. The van der Waals surface area contributed by atoms with Crippen LogP contribution < -0.4 is 20.5 Å². The highest BCUT2D eigenvalue weighted by Gasteiger charge is 2.11. The summed E-state index contributed by atoms with van der Waals surface area (Å²) in [6.45, 7) is 0. The van der Waals surface area contributed by atoms with Crippen molar-refractivity contribution in [2.24, 2.45) is 0 Å². The van der Waals surface area contributed by atoms with E-state index in [1.165, 1.54) is 6.33 Å². The molecule has 3 N–H and O–H groups in total. The molecule has 0 unspecified atom stereocenters. The van der Waals surface area contributed by atoms with E-state index in [0.29, 0.717) is 40.0 Å². The molecule has 8 nitrogen and oxygen atoms in total. The van der Waals surface area contributed by atoms with Crippen LogP contribution in [-0.4, -0.2) is 34.2 Å². The van der Waals surface area contributed by atoms with Gasteiger partial charge in [0.2, 0.25) is 5.95 Å². The Kier molecular flexibility index (Phi) is 3.57. The average Bonchev–Trinajstić information content (AvgIpc) is 2.54. The Morgan fingerprint density at radius 3 is 2.55 bits per heavy atom. The van der Waals surface area contributed by atoms with E-state index in [2.05, 4.69) is 25.3 Å². The van der Waals surface area contributed by atoms with Gasteiger partial charge < -0.3 is 20.5 Å². The molecule has 0 fully saturated rings. The Morgan fingerprint density at radius 1 is 1.09 bits per heavy atom. The van der Waals surface area contributed by atoms with Gasteiger partial charge in [0, 0.05) is 17.6 Å². The summed E-state index contributed by atoms with van der Waals surface area (Å²) in [6.07, 6.45) is 3.05. The number of rotatable bonds is 4. The number of hydrogen-bond acceptors (Lipinski definition) is 8. The first-order chi connectivity index (χ1) is 10.7. The maximum absolute atomic E-state index is 6.01. The molecule has 1 aromatic carbocycles. The Hall–Kier alpha value is -3.16. The first-order valence-corrected chi connectivity index (χ1v) is 6.43. The topological polar surface area (TPSA) is 108 Å². The first-order valence-electron chi connectivity index (χ1n) is 6.43. The van der Waals surface area contributed by atoms with Crippen molar-refractivity contribution in [2.75, 3.05) is 25.3 Å². The highest BCUT2D eigenvalue weighted by Crippen LogP contribution is 2.33. The minimum Gasteiger partial charge on any atom is -0.493 e. The number of nitrogens with one attached hydrogen (secondary N) is 1. The van der Waals surface area contributed by atoms with Crippen molar-refractivity contribution in [2.45, 2.75) is 0 Å². The fourth-order valence-electron chi connectivity index (χ4n) is 2.01. The quantitative estimate of drug-likeness (QED) is 0.750. The van der Waals surface area contributed by atoms with Gasteiger partial charge in [-0.3, -0.25) is 0 Å². The monoisotopic (exact) mass is 298 g/mol. The van der Waals surface area contributed by atoms with Crippen LogP contribution in [-0.2, 0) is 0 Å². The number of nitrogens with zero attached hydrogens (tertiary/aromatic N) is 4. The SMILES string of the molecule is COc1cc2nc(Nc3ccncn3)nc(N)c2cc1OC. The molecule has 0 saturated heterocycles. The molecule has 0 aliphatic rings. The van der Waals surface area contributed by atoms with Crippen molar-refractivity contribution < 1.29 is 9.47 Å². The minimum absolute atomic E-state index is 0.336. The van der Waals surface area contributed by atoms with Crippen molar-refractivity contribution in [3.05, 3.63) is 30.7 Å². The standard InChI is InChI=1S/C14H14N6O2/c1-21-10-5-8-9(6-11(10)22-2)18-14(20-13(8)15)19-12-3-4-16-7-17-12/h3-7H,1-2H3,(H3,15,16,17,18,19,20). The van der Waals surface area contributed by atoms with Crippen LogP contribution in [0.1, 0.15) is 0 Å².